The van der Waals surface area contributed by atoms with E-state index < -0.39 is 18.5 Å². The molecular formula is C8H8ClF2N. The Balaban J connectivity index is 3.04. The smallest absolute Gasteiger partial charge is 0.123 e. The van der Waals surface area contributed by atoms with Gasteiger partial charge in [-0.15, -0.1) is 0 Å². The van der Waals surface area contributed by atoms with E-state index in [2.05, 4.69) is 0 Å². The van der Waals surface area contributed by atoms with E-state index in [-0.39, 0.29) is 0 Å². The summed E-state index contributed by atoms with van der Waals surface area (Å²) in [5, 5.41) is 0.293. The number of alkyl halides is 1. The average molecular weight is 192 g/mol. The first-order valence-corrected chi connectivity index (χ1v) is 3.79. The summed E-state index contributed by atoms with van der Waals surface area (Å²) in [6.45, 7) is -0.747. The average Bonchev–Trinajstić information content (AvgIpc) is 2.08. The van der Waals surface area contributed by atoms with Crippen molar-refractivity contribution in [2.24, 2.45) is 5.73 Å². The number of hydrogen-bond acceptors (Lipinski definition) is 1. The highest BCUT2D eigenvalue weighted by molar-refractivity contribution is 6.31. The van der Waals surface area contributed by atoms with Gasteiger partial charge in [-0.3, -0.25) is 0 Å². The van der Waals surface area contributed by atoms with Gasteiger partial charge in [0.2, 0.25) is 0 Å². The van der Waals surface area contributed by atoms with Crippen LogP contribution < -0.4 is 5.73 Å². The van der Waals surface area contributed by atoms with Crippen molar-refractivity contribution in [2.75, 3.05) is 6.67 Å². The van der Waals surface area contributed by atoms with Crippen molar-refractivity contribution >= 4 is 11.6 Å². The summed E-state index contributed by atoms with van der Waals surface area (Å²) in [7, 11) is 0. The van der Waals surface area contributed by atoms with Gasteiger partial charge in [-0.25, -0.2) is 8.78 Å². The standard InChI is InChI=1S/C8H8ClF2N/c9-7-2-1-5(11)3-6(7)8(12)4-10/h1-3,8H,4,12H2. The molecule has 1 aromatic carbocycles. The Labute approximate surface area is 74.1 Å². The fourth-order valence-corrected chi connectivity index (χ4v) is 1.14. The molecule has 0 aliphatic heterocycles. The summed E-state index contributed by atoms with van der Waals surface area (Å²) >= 11 is 5.66. The van der Waals surface area contributed by atoms with Gasteiger partial charge in [0.05, 0.1) is 6.04 Å². The normalized spacial score (nSPS) is 13.0. The molecule has 0 amide bonds. The number of rotatable bonds is 2. The van der Waals surface area contributed by atoms with E-state index in [4.69, 9.17) is 17.3 Å². The van der Waals surface area contributed by atoms with Gasteiger partial charge in [0.25, 0.3) is 0 Å². The summed E-state index contributed by atoms with van der Waals surface area (Å²) in [5.41, 5.74) is 5.64. The fourth-order valence-electron chi connectivity index (χ4n) is 0.882. The Morgan fingerprint density at radius 3 is 2.75 bits per heavy atom. The van der Waals surface area contributed by atoms with E-state index in [9.17, 15) is 8.78 Å². The predicted octanol–water partition coefficient (Wildman–Crippen LogP) is 2.45. The maximum Gasteiger partial charge on any atom is 0.123 e. The minimum atomic E-state index is -0.840. The maximum absolute atomic E-state index is 12.6. The van der Waals surface area contributed by atoms with Crippen LogP contribution in [0.2, 0.25) is 5.02 Å². The summed E-state index contributed by atoms with van der Waals surface area (Å²) in [6, 6.07) is 2.87. The molecule has 1 aromatic rings. The molecule has 4 heteroatoms. The van der Waals surface area contributed by atoms with Gasteiger partial charge in [-0.05, 0) is 23.8 Å². The third kappa shape index (κ3) is 1.93. The van der Waals surface area contributed by atoms with Crippen LogP contribution >= 0.6 is 11.6 Å². The van der Waals surface area contributed by atoms with E-state index in [1.807, 2.05) is 0 Å². The zero-order valence-electron chi connectivity index (χ0n) is 6.23. The Morgan fingerprint density at radius 1 is 1.50 bits per heavy atom. The van der Waals surface area contributed by atoms with Crippen LogP contribution in [0.3, 0.4) is 0 Å². The van der Waals surface area contributed by atoms with Crippen molar-refractivity contribution in [2.45, 2.75) is 6.04 Å². The first-order chi connectivity index (χ1) is 5.65. The van der Waals surface area contributed by atoms with E-state index in [0.717, 1.165) is 6.07 Å². The van der Waals surface area contributed by atoms with E-state index in [0.29, 0.717) is 10.6 Å². The lowest BCUT2D eigenvalue weighted by molar-refractivity contribution is 0.436. The first-order valence-electron chi connectivity index (χ1n) is 3.41. The number of benzene rings is 1. The zero-order valence-corrected chi connectivity index (χ0v) is 6.98. The van der Waals surface area contributed by atoms with Gasteiger partial charge in [0.1, 0.15) is 12.5 Å². The molecule has 0 aromatic heterocycles. The van der Waals surface area contributed by atoms with Crippen molar-refractivity contribution in [3.05, 3.63) is 34.6 Å². The molecule has 0 aliphatic carbocycles. The van der Waals surface area contributed by atoms with E-state index >= 15 is 0 Å². The predicted molar refractivity (Wildman–Crippen MR) is 44.3 cm³/mol. The molecule has 0 saturated heterocycles. The van der Waals surface area contributed by atoms with Gasteiger partial charge in [-0.2, -0.15) is 0 Å². The van der Waals surface area contributed by atoms with Crippen LogP contribution in [-0.4, -0.2) is 6.67 Å². The van der Waals surface area contributed by atoms with E-state index in [1.165, 1.54) is 12.1 Å². The molecule has 12 heavy (non-hydrogen) atoms. The van der Waals surface area contributed by atoms with Gasteiger partial charge in [0.15, 0.2) is 0 Å². The molecule has 1 unspecified atom stereocenters. The number of nitrogens with two attached hydrogens (primary N) is 1. The lowest BCUT2D eigenvalue weighted by atomic mass is 10.1. The SMILES string of the molecule is NC(CF)c1cc(F)ccc1Cl. The van der Waals surface area contributed by atoms with Crippen LogP contribution in [0, 0.1) is 5.82 Å². The highest BCUT2D eigenvalue weighted by Gasteiger charge is 2.10. The van der Waals surface area contributed by atoms with Crippen LogP contribution in [0.5, 0.6) is 0 Å². The van der Waals surface area contributed by atoms with Gasteiger partial charge >= 0.3 is 0 Å². The third-order valence-corrected chi connectivity index (χ3v) is 1.87. The van der Waals surface area contributed by atoms with Gasteiger partial charge in [0, 0.05) is 5.02 Å². The largest absolute Gasteiger partial charge is 0.322 e. The fraction of sp³-hybridized carbons (Fsp3) is 0.250. The highest BCUT2D eigenvalue weighted by Crippen LogP contribution is 2.22. The molecule has 0 bridgehead atoms. The number of hydrogen-bond donors (Lipinski definition) is 1. The minimum Gasteiger partial charge on any atom is -0.322 e. The first kappa shape index (κ1) is 9.42. The molecule has 66 valence electrons. The van der Waals surface area contributed by atoms with Crippen molar-refractivity contribution in [3.63, 3.8) is 0 Å². The molecule has 1 nitrogen and oxygen atoms in total. The highest BCUT2D eigenvalue weighted by atomic mass is 35.5. The number of halogens is 3. The van der Waals surface area contributed by atoms with Crippen molar-refractivity contribution in [1.29, 1.82) is 0 Å². The summed E-state index contributed by atoms with van der Waals surface area (Å²) in [4.78, 5) is 0. The molecule has 1 atom stereocenters. The van der Waals surface area contributed by atoms with E-state index in [1.54, 1.807) is 0 Å². The van der Waals surface area contributed by atoms with Gasteiger partial charge < -0.3 is 5.73 Å². The van der Waals surface area contributed by atoms with Crippen molar-refractivity contribution in [1.82, 2.24) is 0 Å². The summed E-state index contributed by atoms with van der Waals surface area (Å²) < 4.78 is 24.7. The molecule has 0 spiro atoms. The Hall–Kier alpha value is -0.670. The third-order valence-electron chi connectivity index (χ3n) is 1.52. The molecule has 0 saturated carbocycles. The zero-order chi connectivity index (χ0) is 9.14. The quantitative estimate of drug-likeness (QED) is 0.764. The molecule has 0 fully saturated rings. The lowest BCUT2D eigenvalue weighted by Crippen LogP contribution is -2.12. The second kappa shape index (κ2) is 3.83. The summed E-state index contributed by atoms with van der Waals surface area (Å²) in [6.07, 6.45) is 0. The monoisotopic (exact) mass is 191 g/mol. The second-order valence-corrected chi connectivity index (χ2v) is 2.83. The maximum atomic E-state index is 12.6. The topological polar surface area (TPSA) is 26.0 Å². The van der Waals surface area contributed by atoms with Crippen LogP contribution in [0.25, 0.3) is 0 Å². The Kier molecular flexibility index (Phi) is 3.00. The molecular weight excluding hydrogens is 184 g/mol. The Bertz CT molecular complexity index is 278. The molecule has 2 N–H and O–H groups in total. The molecule has 0 heterocycles. The molecule has 0 radical (unpaired) electrons. The second-order valence-electron chi connectivity index (χ2n) is 2.43. The Morgan fingerprint density at radius 2 is 2.17 bits per heavy atom. The molecule has 0 aliphatic rings. The van der Waals surface area contributed by atoms with Crippen LogP contribution in [0.15, 0.2) is 18.2 Å². The van der Waals surface area contributed by atoms with Gasteiger partial charge in [-0.1, -0.05) is 11.6 Å². The minimum absolute atomic E-state index is 0.293. The molecule has 1 rings (SSSR count). The van der Waals surface area contributed by atoms with Crippen LogP contribution in [-0.2, 0) is 0 Å². The summed E-state index contributed by atoms with van der Waals surface area (Å²) in [5.74, 6) is -0.460. The van der Waals surface area contributed by atoms with Crippen LogP contribution in [0.4, 0.5) is 8.78 Å². The van der Waals surface area contributed by atoms with Crippen molar-refractivity contribution < 1.29 is 8.78 Å². The lowest BCUT2D eigenvalue weighted by Gasteiger charge is -2.08. The van der Waals surface area contributed by atoms with Crippen molar-refractivity contribution in [3.8, 4) is 0 Å². The van der Waals surface area contributed by atoms with Crippen LogP contribution in [0.1, 0.15) is 11.6 Å².